The maximum absolute atomic E-state index is 6.34. The molecule has 0 radical (unpaired) electrons. The average Bonchev–Trinajstić information content (AvgIpc) is 2.93. The molecule has 0 aromatic heterocycles. The Morgan fingerprint density at radius 2 is 0.816 bits per heavy atom. The first-order valence-corrected chi connectivity index (χ1v) is 20.7. The van der Waals surface area contributed by atoms with Crippen molar-refractivity contribution in [3.63, 3.8) is 0 Å². The minimum absolute atomic E-state index is 0.468. The highest BCUT2D eigenvalue weighted by atomic mass is 33.7. The third-order valence-electron chi connectivity index (χ3n) is 6.07. The molecule has 2 atom stereocenters. The number of hydrogen-bond acceptors (Lipinski definition) is 12. The van der Waals surface area contributed by atoms with Crippen LogP contribution in [0.2, 0.25) is 11.1 Å². The van der Waals surface area contributed by atoms with Crippen molar-refractivity contribution in [3.8, 4) is 0 Å². The van der Waals surface area contributed by atoms with Crippen LogP contribution in [0.1, 0.15) is 52.4 Å². The molecule has 0 amide bonds. The summed E-state index contributed by atoms with van der Waals surface area (Å²) in [5.74, 6) is 0. The van der Waals surface area contributed by atoms with E-state index in [0.29, 0.717) is 52.9 Å². The van der Waals surface area contributed by atoms with E-state index in [1.54, 1.807) is 69.7 Å². The van der Waals surface area contributed by atoms with Crippen LogP contribution in [0, 0.1) is 0 Å². The third kappa shape index (κ3) is 19.6. The van der Waals surface area contributed by atoms with E-state index in [-0.39, 0.29) is 0 Å². The van der Waals surface area contributed by atoms with Crippen molar-refractivity contribution >= 4 is 61.7 Å². The monoisotopic (exact) mass is 654 g/mol. The maximum Gasteiger partial charge on any atom is 0.229 e. The summed E-state index contributed by atoms with van der Waals surface area (Å²) in [5, 5.41) is -1.54. The quantitative estimate of drug-likeness (QED) is 0.0500. The number of methoxy groups -OCH3 is 4. The molecule has 0 spiro atoms. The fourth-order valence-corrected chi connectivity index (χ4v) is 10.6. The van der Waals surface area contributed by atoms with E-state index < -0.39 is 10.2 Å². The molecule has 0 saturated heterocycles. The Morgan fingerprint density at radius 3 is 1.05 bits per heavy atom. The normalized spacial score (nSPS) is 14.4. The van der Waals surface area contributed by atoms with Crippen LogP contribution in [-0.2, 0) is 37.9 Å². The summed E-state index contributed by atoms with van der Waals surface area (Å²) in [4.78, 5) is 0. The number of hydrogen-bond donors (Lipinski definition) is 0. The van der Waals surface area contributed by atoms with Gasteiger partial charge in [0.15, 0.2) is 0 Å². The lowest BCUT2D eigenvalue weighted by molar-refractivity contribution is -0.185. The first-order chi connectivity index (χ1) is 18.4. The lowest BCUT2D eigenvalue weighted by Crippen LogP contribution is -2.35. The van der Waals surface area contributed by atoms with Crippen LogP contribution in [-0.4, -0.2) is 112 Å². The van der Waals surface area contributed by atoms with E-state index in [2.05, 4.69) is 13.8 Å². The largest absolute Gasteiger partial charge is 0.382 e. The molecule has 230 valence electrons. The van der Waals surface area contributed by atoms with Crippen molar-refractivity contribution < 1.29 is 37.9 Å². The number of rotatable bonds is 29. The average molecular weight is 655 g/mol. The van der Waals surface area contributed by atoms with E-state index in [0.717, 1.165) is 57.3 Å². The van der Waals surface area contributed by atoms with Gasteiger partial charge in [0.1, 0.15) is 0 Å². The molecule has 0 aliphatic rings. The molecule has 0 heterocycles. The first-order valence-electron chi connectivity index (χ1n) is 13.6. The minimum atomic E-state index is -0.772. The van der Waals surface area contributed by atoms with Gasteiger partial charge in [-0.15, -0.1) is 0 Å². The Labute approximate surface area is 253 Å². The van der Waals surface area contributed by atoms with Crippen LogP contribution in [0.25, 0.3) is 0 Å². The summed E-state index contributed by atoms with van der Waals surface area (Å²) in [7, 11) is 15.6. The molecule has 0 aromatic rings. The molecule has 0 fully saturated rings. The van der Waals surface area contributed by atoms with Crippen molar-refractivity contribution in [2.45, 2.75) is 73.7 Å². The molecule has 0 saturated carbocycles. The van der Waals surface area contributed by atoms with Crippen LogP contribution in [0.3, 0.4) is 0 Å². The Kier molecular flexibility index (Phi) is 27.2. The molecule has 8 nitrogen and oxygen atoms in total. The van der Waals surface area contributed by atoms with Gasteiger partial charge in [0.25, 0.3) is 0 Å². The molecule has 14 heteroatoms. The van der Waals surface area contributed by atoms with Gasteiger partial charge in [-0.3, -0.25) is 0 Å². The summed E-state index contributed by atoms with van der Waals surface area (Å²) in [6.07, 6.45) is 6.11. The van der Waals surface area contributed by atoms with Crippen molar-refractivity contribution in [2.24, 2.45) is 0 Å². The summed E-state index contributed by atoms with van der Waals surface area (Å²) in [5.41, 5.74) is 1.44. The van der Waals surface area contributed by atoms with Crippen LogP contribution in [0.15, 0.2) is 0 Å². The fraction of sp³-hybridized carbons (Fsp3) is 1.00. The first kappa shape index (κ1) is 39.5. The van der Waals surface area contributed by atoms with Gasteiger partial charge in [0.2, 0.25) is 10.2 Å². The van der Waals surface area contributed by atoms with Gasteiger partial charge in [0, 0.05) is 61.8 Å². The van der Waals surface area contributed by atoms with E-state index in [4.69, 9.17) is 37.9 Å². The second-order valence-corrected chi connectivity index (χ2v) is 18.5. The van der Waals surface area contributed by atoms with E-state index in [9.17, 15) is 0 Å². The predicted octanol–water partition coefficient (Wildman–Crippen LogP) is 4.31. The second-order valence-electron chi connectivity index (χ2n) is 9.14. The van der Waals surface area contributed by atoms with Crippen LogP contribution >= 0.6 is 41.2 Å². The molecule has 0 aromatic carbocycles. The van der Waals surface area contributed by atoms with Crippen LogP contribution in [0.5, 0.6) is 0 Å². The fourth-order valence-electron chi connectivity index (χ4n) is 3.06. The summed E-state index contributed by atoms with van der Waals surface area (Å²) in [6.45, 7) is 8.44. The molecule has 0 N–H and O–H groups in total. The standard InChI is InChI=1S/C24H54O8S4Si2/c1-7-21(37)9-11-23(29-17-13-25-3,30-18-14-26-4)33-35-36-34-24(31-19-15-27-5,32-20-16-28-6)12-10-22(38)8-2/h21-22H,7-20H2,1-6,37-38H3. The Bertz CT molecular complexity index is 468. The Morgan fingerprint density at radius 1 is 0.526 bits per heavy atom. The lowest BCUT2D eigenvalue weighted by atomic mass is 10.2. The molecule has 38 heavy (non-hydrogen) atoms. The SMILES string of the molecule is CCC([SiH3])CCC(OCCOC)(OCCOC)SSSSC(CCC([SiH3])CC)(OCCOC)OCCOC. The minimum Gasteiger partial charge on any atom is -0.382 e. The highest BCUT2D eigenvalue weighted by molar-refractivity contribution is 9.26. The van der Waals surface area contributed by atoms with Gasteiger partial charge < -0.3 is 37.9 Å². The zero-order valence-electron chi connectivity index (χ0n) is 25.0. The van der Waals surface area contributed by atoms with E-state index in [1.807, 2.05) is 0 Å². The maximum atomic E-state index is 6.34. The van der Waals surface area contributed by atoms with Gasteiger partial charge in [0.05, 0.1) is 52.9 Å². The molecular formula is C24H54O8S4Si2. The predicted molar refractivity (Wildman–Crippen MR) is 174 cm³/mol. The second kappa shape index (κ2) is 26.2. The summed E-state index contributed by atoms with van der Waals surface area (Å²) >= 11 is 0. The van der Waals surface area contributed by atoms with Crippen molar-refractivity contribution in [2.75, 3.05) is 81.3 Å². The summed E-state index contributed by atoms with van der Waals surface area (Å²) < 4.78 is 46.4. The van der Waals surface area contributed by atoms with Crippen molar-refractivity contribution in [1.29, 1.82) is 0 Å². The highest BCUT2D eigenvalue weighted by Crippen LogP contribution is 2.56. The molecule has 0 rings (SSSR count). The van der Waals surface area contributed by atoms with Gasteiger partial charge in [-0.2, -0.15) is 0 Å². The number of ether oxygens (including phenoxy) is 8. The molecule has 0 aliphatic heterocycles. The van der Waals surface area contributed by atoms with Crippen LogP contribution in [0.4, 0.5) is 0 Å². The molecule has 0 aliphatic carbocycles. The molecule has 2 unspecified atom stereocenters. The van der Waals surface area contributed by atoms with E-state index >= 15 is 0 Å². The van der Waals surface area contributed by atoms with Gasteiger partial charge in [-0.1, -0.05) is 37.8 Å². The third-order valence-corrected chi connectivity index (χ3v) is 15.8. The Hall–Kier alpha value is 1.51. The summed E-state index contributed by atoms with van der Waals surface area (Å²) in [6, 6.07) is 0. The zero-order valence-corrected chi connectivity index (χ0v) is 32.2. The van der Waals surface area contributed by atoms with Gasteiger partial charge in [-0.25, -0.2) is 0 Å². The zero-order chi connectivity index (χ0) is 28.5. The molecule has 0 bridgehead atoms. The topological polar surface area (TPSA) is 73.8 Å². The Balaban J connectivity index is 5.51. The van der Waals surface area contributed by atoms with Gasteiger partial charge in [-0.05, 0) is 54.1 Å². The van der Waals surface area contributed by atoms with E-state index in [1.165, 1.54) is 12.8 Å². The van der Waals surface area contributed by atoms with Crippen molar-refractivity contribution in [3.05, 3.63) is 0 Å². The highest BCUT2D eigenvalue weighted by Gasteiger charge is 2.37. The van der Waals surface area contributed by atoms with Crippen LogP contribution < -0.4 is 0 Å². The smallest absolute Gasteiger partial charge is 0.229 e. The lowest BCUT2D eigenvalue weighted by Gasteiger charge is -2.35. The van der Waals surface area contributed by atoms with Crippen molar-refractivity contribution in [1.82, 2.24) is 0 Å². The molecular weight excluding hydrogens is 601 g/mol. The van der Waals surface area contributed by atoms with Gasteiger partial charge >= 0.3 is 0 Å².